The number of H-pyrrole nitrogens is 1. The maximum absolute atomic E-state index is 6.51. The summed E-state index contributed by atoms with van der Waals surface area (Å²) < 4.78 is 2.35. The van der Waals surface area contributed by atoms with Crippen LogP contribution in [0, 0.1) is 0 Å². The number of fused-ring (bicyclic) bond motifs is 40. The number of rotatable bonds is 3. The Morgan fingerprint density at radius 3 is 1.00 bits per heavy atom. The van der Waals surface area contributed by atoms with Crippen molar-refractivity contribution < 1.29 is 0 Å². The number of hydrogen-bond donors (Lipinski definition) is 1. The third-order valence-electron chi connectivity index (χ3n) is 27.8. The molecular formula is C118H75ClN6. The summed E-state index contributed by atoms with van der Waals surface area (Å²) in [7, 11) is 0. The van der Waals surface area contributed by atoms with Gasteiger partial charge in [0.2, 0.25) is 11.2 Å². The lowest BCUT2D eigenvalue weighted by Gasteiger charge is -2.24. The van der Waals surface area contributed by atoms with E-state index in [0.717, 1.165) is 56.1 Å². The Bertz CT molecular complexity index is 9150. The fourth-order valence-corrected chi connectivity index (χ4v) is 22.5. The zero-order valence-electron chi connectivity index (χ0n) is 68.9. The summed E-state index contributed by atoms with van der Waals surface area (Å²) in [6.07, 6.45) is 0. The Balaban J connectivity index is 0.000000111. The molecule has 584 valence electrons. The lowest BCUT2D eigenvalue weighted by Crippen LogP contribution is -2.18. The quantitative estimate of drug-likeness (QED) is 0.141. The Morgan fingerprint density at radius 1 is 0.232 bits per heavy atom. The summed E-state index contributed by atoms with van der Waals surface area (Å²) in [5.41, 5.74) is 17.2. The lowest BCUT2D eigenvalue weighted by atomic mass is 9.80. The molecule has 4 aromatic heterocycles. The van der Waals surface area contributed by atoms with Crippen LogP contribution in [0.3, 0.4) is 0 Å². The number of hydrogen-bond acceptors (Lipinski definition) is 4. The zero-order chi connectivity index (χ0) is 82.8. The van der Waals surface area contributed by atoms with Gasteiger partial charge in [0.05, 0.1) is 33.8 Å². The third kappa shape index (κ3) is 10.4. The molecule has 22 aromatic carbocycles. The van der Waals surface area contributed by atoms with Gasteiger partial charge in [0, 0.05) is 87.6 Å². The van der Waals surface area contributed by atoms with Gasteiger partial charge in [-0.2, -0.15) is 0 Å². The minimum Gasteiger partial charge on any atom is -0.354 e. The average Bonchev–Trinajstić information content (AvgIpc) is 1.58. The number of benzene rings is 22. The summed E-state index contributed by atoms with van der Waals surface area (Å²) in [6, 6.07) is 137. The molecule has 0 amide bonds. The average molecular weight is 1610 g/mol. The van der Waals surface area contributed by atoms with Gasteiger partial charge in [0.1, 0.15) is 0 Å². The molecule has 0 bridgehead atoms. The second kappa shape index (κ2) is 26.8. The van der Waals surface area contributed by atoms with E-state index in [4.69, 9.17) is 26.6 Å². The van der Waals surface area contributed by atoms with Crippen LogP contribution in [0.4, 0.5) is 0 Å². The first-order valence-electron chi connectivity index (χ1n) is 43.2. The van der Waals surface area contributed by atoms with Crippen LogP contribution in [-0.4, -0.2) is 29.5 Å². The van der Waals surface area contributed by atoms with Gasteiger partial charge in [-0.15, -0.1) is 0 Å². The summed E-state index contributed by atoms with van der Waals surface area (Å²) >= 11 is 6.51. The fraction of sp³-hybridized carbons (Fsp3) is 0.0508. The molecule has 0 saturated carbocycles. The van der Waals surface area contributed by atoms with Crippen LogP contribution in [0.2, 0.25) is 5.28 Å². The Labute approximate surface area is 723 Å². The normalized spacial score (nSPS) is 13.3. The molecule has 0 unspecified atom stereocenters. The predicted molar refractivity (Wildman–Crippen MR) is 530 cm³/mol. The van der Waals surface area contributed by atoms with Crippen molar-refractivity contribution in [2.45, 2.75) is 38.5 Å². The van der Waals surface area contributed by atoms with E-state index in [1.165, 1.54) is 206 Å². The molecule has 7 heteroatoms. The Morgan fingerprint density at radius 2 is 0.544 bits per heavy atom. The fourth-order valence-electron chi connectivity index (χ4n) is 22.3. The summed E-state index contributed by atoms with van der Waals surface area (Å²) in [5, 5.41) is 40.8. The lowest BCUT2D eigenvalue weighted by molar-refractivity contribution is 0.657. The Kier molecular flexibility index (Phi) is 15.3. The van der Waals surface area contributed by atoms with Crippen molar-refractivity contribution >= 4 is 206 Å². The van der Waals surface area contributed by atoms with Gasteiger partial charge in [-0.1, -0.05) is 355 Å². The van der Waals surface area contributed by atoms with Crippen LogP contribution in [0.5, 0.6) is 0 Å². The van der Waals surface area contributed by atoms with Crippen LogP contribution in [-0.2, 0) is 10.8 Å². The number of aromatic amines is 1. The standard InChI is InChI=1S/C59H37N3.C31H21ClN2.C28H17N/c1-59(2)50-26-14-13-25-47(50)57-55(59)56(36-27-28-44-39-19-6-5-17-37(39)38-18-8-10-23-43(38)48(44)32-36)60-58(61-57)62-51-30-29-46-42-22-9-7-20-40(42)41-21-11-12-24-45(41)53(46)54(51)49-31-34-15-3-4-16-35(34)33-52(49)62;1-31(2)26-14-8-7-13-24(26)29-27(31)28(33-30(32)34-29)18-15-16-23-21-11-4-3-9-19(21)20-10-5-6-12-22(20)25(23)17-18;1-2-8-18-16-26-24(15-17(18)7-1)28-25(29-26)14-13-23-21-11-4-3-9-19(21)20-10-5-6-12-22(20)27(23)28/h3-33H,1-2H3;3-17H,1-2H3;1-16,29H. The minimum absolute atomic E-state index is 0.216. The number of aromatic nitrogens is 6. The second-order valence-corrected chi connectivity index (χ2v) is 35.4. The summed E-state index contributed by atoms with van der Waals surface area (Å²) in [6.45, 7) is 9.18. The van der Waals surface area contributed by atoms with E-state index in [1.807, 2.05) is 0 Å². The molecule has 2 aliphatic rings. The minimum atomic E-state index is -0.326. The third-order valence-corrected chi connectivity index (χ3v) is 28.0. The van der Waals surface area contributed by atoms with Gasteiger partial charge in [0.25, 0.3) is 0 Å². The van der Waals surface area contributed by atoms with Crippen molar-refractivity contribution in [2.75, 3.05) is 0 Å². The topological polar surface area (TPSA) is 72.3 Å². The highest BCUT2D eigenvalue weighted by Crippen LogP contribution is 2.56. The van der Waals surface area contributed by atoms with Crippen molar-refractivity contribution in [3.8, 4) is 51.0 Å². The van der Waals surface area contributed by atoms with Gasteiger partial charge in [-0.05, 0) is 211 Å². The molecular weight excluding hydrogens is 1540 g/mol. The second-order valence-electron chi connectivity index (χ2n) is 35.1. The van der Waals surface area contributed by atoms with Crippen molar-refractivity contribution in [3.05, 3.63) is 404 Å². The number of nitrogens with one attached hydrogen (secondary N) is 1. The van der Waals surface area contributed by atoms with E-state index in [1.54, 1.807) is 0 Å². The largest absolute Gasteiger partial charge is 0.354 e. The number of nitrogens with zero attached hydrogens (tertiary/aromatic N) is 5. The van der Waals surface area contributed by atoms with E-state index in [9.17, 15) is 0 Å². The smallest absolute Gasteiger partial charge is 0.235 e. The van der Waals surface area contributed by atoms with Gasteiger partial charge in [-0.25, -0.2) is 19.9 Å². The molecule has 26 aromatic rings. The van der Waals surface area contributed by atoms with Crippen molar-refractivity contribution in [1.82, 2.24) is 29.5 Å². The van der Waals surface area contributed by atoms with Gasteiger partial charge in [-0.3, -0.25) is 4.57 Å². The molecule has 6 nitrogen and oxygen atoms in total. The predicted octanol–water partition coefficient (Wildman–Crippen LogP) is 32.1. The molecule has 1 N–H and O–H groups in total. The highest BCUT2D eigenvalue weighted by Gasteiger charge is 2.42. The van der Waals surface area contributed by atoms with E-state index in [2.05, 4.69) is 418 Å². The first-order chi connectivity index (χ1) is 61.4. The molecule has 0 aliphatic heterocycles. The van der Waals surface area contributed by atoms with E-state index < -0.39 is 0 Å². The molecule has 28 rings (SSSR count). The Hall–Kier alpha value is -15.5. The van der Waals surface area contributed by atoms with Crippen LogP contribution in [0.1, 0.15) is 49.9 Å². The van der Waals surface area contributed by atoms with Gasteiger partial charge < -0.3 is 4.98 Å². The van der Waals surface area contributed by atoms with E-state index in [0.29, 0.717) is 5.95 Å². The summed E-state index contributed by atoms with van der Waals surface area (Å²) in [4.78, 5) is 24.7. The van der Waals surface area contributed by atoms with Crippen LogP contribution in [0.15, 0.2) is 376 Å². The van der Waals surface area contributed by atoms with Gasteiger partial charge >= 0.3 is 0 Å². The highest BCUT2D eigenvalue weighted by atomic mass is 35.5. The maximum atomic E-state index is 6.51. The monoisotopic (exact) mass is 1610 g/mol. The van der Waals surface area contributed by atoms with Crippen molar-refractivity contribution in [3.63, 3.8) is 0 Å². The first kappa shape index (κ1) is 71.3. The molecule has 0 fully saturated rings. The molecule has 0 radical (unpaired) electrons. The molecule has 0 spiro atoms. The van der Waals surface area contributed by atoms with Crippen LogP contribution in [0.25, 0.3) is 245 Å². The van der Waals surface area contributed by atoms with E-state index in [-0.39, 0.29) is 16.1 Å². The van der Waals surface area contributed by atoms with Crippen molar-refractivity contribution in [2.24, 2.45) is 0 Å². The van der Waals surface area contributed by atoms with Crippen LogP contribution < -0.4 is 0 Å². The molecule has 4 heterocycles. The van der Waals surface area contributed by atoms with Crippen LogP contribution >= 0.6 is 11.6 Å². The molecule has 125 heavy (non-hydrogen) atoms. The zero-order valence-corrected chi connectivity index (χ0v) is 69.7. The number of halogens is 1. The summed E-state index contributed by atoms with van der Waals surface area (Å²) in [5.74, 6) is 0.675. The van der Waals surface area contributed by atoms with E-state index >= 15 is 0 Å². The first-order valence-corrected chi connectivity index (χ1v) is 43.6. The van der Waals surface area contributed by atoms with Crippen molar-refractivity contribution in [1.29, 1.82) is 0 Å². The maximum Gasteiger partial charge on any atom is 0.235 e. The molecule has 0 atom stereocenters. The highest BCUT2D eigenvalue weighted by molar-refractivity contribution is 6.38. The molecule has 0 saturated heterocycles. The van der Waals surface area contributed by atoms with Gasteiger partial charge in [0.15, 0.2) is 0 Å². The SMILES string of the molecule is CC1(C)c2ccccc2-c2nc(-n3c4cc5ccccc5cc4c4c5c6ccccc6c6ccccc6c5ccc43)nc(-c3ccc4c5ccccc5c5ccccc5c4c3)c21.CC1(C)c2ccccc2-c2nc(Cl)nc(-c3ccc4c5ccccc5c5ccccc5c4c3)c21.c1ccc2cc3c(cc2c1)[nH]c1ccc2c4ccccc4c4ccccc4c2c13. The molecule has 2 aliphatic carbocycles.